The van der Waals surface area contributed by atoms with Gasteiger partial charge in [0.05, 0.1) is 32.8 Å². The first-order valence-electron chi connectivity index (χ1n) is 10.9. The molecule has 0 radical (unpaired) electrons. The quantitative estimate of drug-likeness (QED) is 0.358. The number of hydrogen-bond acceptors (Lipinski definition) is 7. The summed E-state index contributed by atoms with van der Waals surface area (Å²) >= 11 is 4.87. The van der Waals surface area contributed by atoms with Crippen molar-refractivity contribution in [2.75, 3.05) is 0 Å². The zero-order chi connectivity index (χ0) is 23.1. The van der Waals surface area contributed by atoms with Crippen LogP contribution >= 0.6 is 27.3 Å². The second kappa shape index (κ2) is 8.73. The van der Waals surface area contributed by atoms with Crippen LogP contribution in [0.5, 0.6) is 0 Å². The summed E-state index contributed by atoms with van der Waals surface area (Å²) in [6.45, 7) is 0. The first-order valence-corrected chi connectivity index (χ1v) is 12.5. The van der Waals surface area contributed by atoms with Gasteiger partial charge in [0.2, 0.25) is 0 Å². The van der Waals surface area contributed by atoms with Gasteiger partial charge in [0.1, 0.15) is 11.2 Å². The van der Waals surface area contributed by atoms with Gasteiger partial charge in [-0.05, 0) is 59.5 Å². The van der Waals surface area contributed by atoms with E-state index < -0.39 is 0 Å². The number of rotatable bonds is 5. The minimum absolute atomic E-state index is 0.0283. The van der Waals surface area contributed by atoms with Crippen molar-refractivity contribution in [1.82, 2.24) is 39.8 Å². The molecule has 0 spiro atoms. The molecule has 2 unspecified atom stereocenters. The minimum atomic E-state index is -0.0283. The third kappa shape index (κ3) is 3.90. The SMILES string of the molecule is O=C(NC1CCC(n2c(-c3ccccn3)nc3cnc(-n4ccnn4)cc32)C1)c1ccc(Br)s1. The lowest BCUT2D eigenvalue weighted by atomic mass is 10.2. The fourth-order valence-electron chi connectivity index (χ4n) is 4.51. The molecule has 0 saturated heterocycles. The van der Waals surface area contributed by atoms with Gasteiger partial charge in [-0.3, -0.25) is 9.78 Å². The molecule has 1 aliphatic rings. The summed E-state index contributed by atoms with van der Waals surface area (Å²) in [4.78, 5) is 27.4. The van der Waals surface area contributed by atoms with Crippen molar-refractivity contribution in [1.29, 1.82) is 0 Å². The van der Waals surface area contributed by atoms with Gasteiger partial charge < -0.3 is 9.88 Å². The molecule has 1 amide bonds. The number of thiophene rings is 1. The minimum Gasteiger partial charge on any atom is -0.349 e. The Kier molecular flexibility index (Phi) is 5.42. The van der Waals surface area contributed by atoms with E-state index in [4.69, 9.17) is 4.98 Å². The Morgan fingerprint density at radius 1 is 1.15 bits per heavy atom. The van der Waals surface area contributed by atoms with Gasteiger partial charge in [0, 0.05) is 24.3 Å². The highest BCUT2D eigenvalue weighted by Gasteiger charge is 2.31. The van der Waals surface area contributed by atoms with Crippen LogP contribution in [0.25, 0.3) is 28.4 Å². The molecule has 1 fully saturated rings. The Balaban J connectivity index is 1.36. The molecule has 1 saturated carbocycles. The molecule has 1 aliphatic carbocycles. The lowest BCUT2D eigenvalue weighted by Gasteiger charge is -2.18. The van der Waals surface area contributed by atoms with Gasteiger partial charge in [-0.15, -0.1) is 16.4 Å². The van der Waals surface area contributed by atoms with Gasteiger partial charge >= 0.3 is 0 Å². The predicted molar refractivity (Wildman–Crippen MR) is 132 cm³/mol. The molecular formula is C23H19BrN8OS. The van der Waals surface area contributed by atoms with E-state index in [2.05, 4.69) is 46.1 Å². The number of imidazole rings is 1. The average molecular weight is 535 g/mol. The Labute approximate surface area is 207 Å². The summed E-state index contributed by atoms with van der Waals surface area (Å²) in [5.41, 5.74) is 2.55. The Morgan fingerprint density at radius 3 is 2.85 bits per heavy atom. The molecule has 170 valence electrons. The maximum atomic E-state index is 12.7. The molecule has 2 atom stereocenters. The van der Waals surface area contributed by atoms with Crippen LogP contribution in [0.3, 0.4) is 0 Å². The standard InChI is InChI=1S/C23H19BrN8OS/c24-20-7-6-19(34-20)23(33)28-14-4-5-15(11-14)32-18-12-21(31-10-9-27-30-31)26-13-17(18)29-22(32)16-3-1-2-8-25-16/h1-3,6-10,12-15H,4-5,11H2,(H,28,33). The van der Waals surface area contributed by atoms with Crippen molar-refractivity contribution >= 4 is 44.2 Å². The molecule has 5 aromatic heterocycles. The highest BCUT2D eigenvalue weighted by molar-refractivity contribution is 9.11. The topological polar surface area (TPSA) is 103 Å². The number of pyridine rings is 2. The zero-order valence-electron chi connectivity index (χ0n) is 17.9. The molecule has 0 aliphatic heterocycles. The Hall–Kier alpha value is -3.44. The van der Waals surface area contributed by atoms with E-state index in [9.17, 15) is 4.79 Å². The van der Waals surface area contributed by atoms with E-state index in [1.54, 1.807) is 29.5 Å². The van der Waals surface area contributed by atoms with Gasteiger partial charge in [0.15, 0.2) is 11.6 Å². The molecule has 5 aromatic rings. The van der Waals surface area contributed by atoms with Crippen LogP contribution in [0.2, 0.25) is 0 Å². The number of carbonyl (C=O) groups excluding carboxylic acids is 1. The van der Waals surface area contributed by atoms with Crippen LogP contribution < -0.4 is 5.32 Å². The normalized spacial score (nSPS) is 17.9. The summed E-state index contributed by atoms with van der Waals surface area (Å²) in [5.74, 6) is 1.44. The van der Waals surface area contributed by atoms with Crippen molar-refractivity contribution in [2.24, 2.45) is 0 Å². The molecule has 34 heavy (non-hydrogen) atoms. The van der Waals surface area contributed by atoms with Crippen molar-refractivity contribution < 1.29 is 4.79 Å². The number of nitrogens with zero attached hydrogens (tertiary/aromatic N) is 7. The third-order valence-corrected chi connectivity index (χ3v) is 7.64. The van der Waals surface area contributed by atoms with E-state index >= 15 is 0 Å². The van der Waals surface area contributed by atoms with Crippen LogP contribution in [-0.4, -0.2) is 46.5 Å². The summed E-state index contributed by atoms with van der Waals surface area (Å²) < 4.78 is 4.82. The summed E-state index contributed by atoms with van der Waals surface area (Å²) in [6, 6.07) is 11.8. The van der Waals surface area contributed by atoms with Crippen molar-refractivity contribution in [3.63, 3.8) is 0 Å². The van der Waals surface area contributed by atoms with Crippen LogP contribution in [0.1, 0.15) is 35.0 Å². The summed E-state index contributed by atoms with van der Waals surface area (Å²) in [5, 5.41) is 11.2. The number of carbonyl (C=O) groups is 1. The van der Waals surface area contributed by atoms with Gasteiger partial charge in [-0.1, -0.05) is 11.3 Å². The Morgan fingerprint density at radius 2 is 2.09 bits per heavy atom. The highest BCUT2D eigenvalue weighted by Crippen LogP contribution is 2.37. The molecule has 0 bridgehead atoms. The van der Waals surface area contributed by atoms with E-state index in [0.717, 1.165) is 45.6 Å². The molecule has 6 rings (SSSR count). The molecule has 9 nitrogen and oxygen atoms in total. The highest BCUT2D eigenvalue weighted by atomic mass is 79.9. The first kappa shape index (κ1) is 21.1. The zero-order valence-corrected chi connectivity index (χ0v) is 20.3. The number of amides is 1. The van der Waals surface area contributed by atoms with E-state index in [-0.39, 0.29) is 18.0 Å². The van der Waals surface area contributed by atoms with Crippen molar-refractivity contribution in [2.45, 2.75) is 31.3 Å². The smallest absolute Gasteiger partial charge is 0.261 e. The number of aromatic nitrogens is 7. The third-order valence-electron chi connectivity index (χ3n) is 6.01. The molecule has 5 heterocycles. The predicted octanol–water partition coefficient (Wildman–Crippen LogP) is 4.42. The van der Waals surface area contributed by atoms with E-state index in [1.165, 1.54) is 11.3 Å². The van der Waals surface area contributed by atoms with E-state index in [1.807, 2.05) is 36.4 Å². The number of hydrogen-bond donors (Lipinski definition) is 1. The molecular weight excluding hydrogens is 516 g/mol. The van der Waals surface area contributed by atoms with Crippen LogP contribution in [0, 0.1) is 0 Å². The second-order valence-electron chi connectivity index (χ2n) is 8.14. The second-order valence-corrected chi connectivity index (χ2v) is 10.6. The maximum Gasteiger partial charge on any atom is 0.261 e. The van der Waals surface area contributed by atoms with E-state index in [0.29, 0.717) is 10.7 Å². The first-order chi connectivity index (χ1) is 16.7. The van der Waals surface area contributed by atoms with Gasteiger partial charge in [-0.25, -0.2) is 14.6 Å². The molecule has 11 heteroatoms. The fourth-order valence-corrected chi connectivity index (χ4v) is 5.79. The number of nitrogens with one attached hydrogen (secondary N) is 1. The molecule has 0 aromatic carbocycles. The van der Waals surface area contributed by atoms with Crippen LogP contribution in [0.4, 0.5) is 0 Å². The maximum absolute atomic E-state index is 12.7. The van der Waals surface area contributed by atoms with Crippen molar-refractivity contribution in [3.8, 4) is 17.3 Å². The molecule has 1 N–H and O–H groups in total. The lowest BCUT2D eigenvalue weighted by molar-refractivity contribution is 0.0941. The summed E-state index contributed by atoms with van der Waals surface area (Å²) in [7, 11) is 0. The number of fused-ring (bicyclic) bond motifs is 1. The Bertz CT molecular complexity index is 1460. The lowest BCUT2D eigenvalue weighted by Crippen LogP contribution is -2.32. The largest absolute Gasteiger partial charge is 0.349 e. The van der Waals surface area contributed by atoms with Gasteiger partial charge in [0.25, 0.3) is 5.91 Å². The van der Waals surface area contributed by atoms with Crippen LogP contribution in [-0.2, 0) is 0 Å². The summed E-state index contributed by atoms with van der Waals surface area (Å²) in [6.07, 6.45) is 9.55. The monoisotopic (exact) mass is 534 g/mol. The van der Waals surface area contributed by atoms with Crippen LogP contribution in [0.15, 0.2) is 65.0 Å². The van der Waals surface area contributed by atoms with Crippen molar-refractivity contribution in [3.05, 3.63) is 69.8 Å². The number of halogens is 1. The fraction of sp³-hybridized carbons (Fsp3) is 0.217. The average Bonchev–Trinajstić information content (AvgIpc) is 3.65. The van der Waals surface area contributed by atoms with Gasteiger partial charge in [-0.2, -0.15) is 0 Å².